The van der Waals surface area contributed by atoms with Gasteiger partial charge in [-0.3, -0.25) is 9.69 Å². The smallest absolute Gasteiger partial charge is 0.240 e. The van der Waals surface area contributed by atoms with Crippen molar-refractivity contribution in [2.75, 3.05) is 26.7 Å². The number of benzene rings is 1. The summed E-state index contributed by atoms with van der Waals surface area (Å²) in [7, 11) is 2.13. The molecule has 1 saturated carbocycles. The van der Waals surface area contributed by atoms with Crippen molar-refractivity contribution < 1.29 is 4.79 Å². The van der Waals surface area contributed by atoms with Gasteiger partial charge in [0, 0.05) is 24.2 Å². The summed E-state index contributed by atoms with van der Waals surface area (Å²) in [5.41, 5.74) is 1.51. The van der Waals surface area contributed by atoms with Gasteiger partial charge >= 0.3 is 0 Å². The van der Waals surface area contributed by atoms with E-state index >= 15 is 0 Å². The molecule has 1 unspecified atom stereocenters. The molecule has 0 aromatic heterocycles. The molecule has 1 atom stereocenters. The highest BCUT2D eigenvalue weighted by Crippen LogP contribution is 2.42. The second-order valence-electron chi connectivity index (χ2n) is 8.21. The molecule has 0 bridgehead atoms. The highest BCUT2D eigenvalue weighted by atomic mass is 35.5. The zero-order valence-electron chi connectivity index (χ0n) is 15.8. The number of rotatable bonds is 4. The van der Waals surface area contributed by atoms with Crippen molar-refractivity contribution in [1.82, 2.24) is 15.1 Å². The molecule has 4 rings (SSSR count). The second kappa shape index (κ2) is 9.32. The predicted molar refractivity (Wildman–Crippen MR) is 115 cm³/mol. The fourth-order valence-corrected chi connectivity index (χ4v) is 4.74. The Labute approximate surface area is 179 Å². The van der Waals surface area contributed by atoms with Crippen LogP contribution >= 0.6 is 36.4 Å². The van der Waals surface area contributed by atoms with Crippen LogP contribution in [-0.2, 0) is 11.3 Å². The molecule has 3 fully saturated rings. The van der Waals surface area contributed by atoms with E-state index < -0.39 is 0 Å². The summed E-state index contributed by atoms with van der Waals surface area (Å²) in [6.45, 7) is 3.95. The lowest BCUT2D eigenvalue weighted by molar-refractivity contribution is -0.136. The van der Waals surface area contributed by atoms with Gasteiger partial charge in [0.25, 0.3) is 0 Å². The Bertz CT molecular complexity index is 630. The molecule has 1 aromatic rings. The van der Waals surface area contributed by atoms with Gasteiger partial charge in [-0.15, -0.1) is 24.8 Å². The number of nitrogens with zero attached hydrogens (tertiary/aromatic N) is 2. The zero-order chi connectivity index (χ0) is 17.4. The minimum absolute atomic E-state index is 0. The van der Waals surface area contributed by atoms with E-state index in [1.807, 2.05) is 24.3 Å². The van der Waals surface area contributed by atoms with Crippen LogP contribution in [-0.4, -0.2) is 54.5 Å². The van der Waals surface area contributed by atoms with Crippen LogP contribution in [0.5, 0.6) is 0 Å². The molecule has 27 heavy (non-hydrogen) atoms. The third-order valence-electron chi connectivity index (χ3n) is 6.23. The molecule has 1 N–H and O–H groups in total. The largest absolute Gasteiger partial charge is 0.334 e. The van der Waals surface area contributed by atoms with Gasteiger partial charge in [-0.05, 0) is 75.4 Å². The van der Waals surface area contributed by atoms with Crippen LogP contribution in [0.4, 0.5) is 0 Å². The average Bonchev–Trinajstić information content (AvgIpc) is 3.39. The first kappa shape index (κ1) is 22.8. The molecule has 2 heterocycles. The summed E-state index contributed by atoms with van der Waals surface area (Å²) in [5.74, 6) is 0.329. The molecule has 1 spiro atoms. The van der Waals surface area contributed by atoms with Crippen molar-refractivity contribution in [1.29, 1.82) is 0 Å². The van der Waals surface area contributed by atoms with Crippen molar-refractivity contribution in [3.05, 3.63) is 34.9 Å². The van der Waals surface area contributed by atoms with E-state index in [1.165, 1.54) is 18.4 Å². The van der Waals surface area contributed by atoms with E-state index in [2.05, 4.69) is 22.2 Å². The normalized spacial score (nSPS) is 24.1. The van der Waals surface area contributed by atoms with Crippen LogP contribution in [0.2, 0.25) is 5.02 Å². The van der Waals surface area contributed by atoms with Crippen molar-refractivity contribution >= 4 is 42.3 Å². The first-order chi connectivity index (χ1) is 12.1. The van der Waals surface area contributed by atoms with Crippen LogP contribution in [0.15, 0.2) is 24.3 Å². The Hall–Kier alpha value is -0.520. The third-order valence-corrected chi connectivity index (χ3v) is 6.48. The molecule has 2 aliphatic heterocycles. The fourth-order valence-electron chi connectivity index (χ4n) is 4.62. The quantitative estimate of drug-likeness (QED) is 0.784. The van der Waals surface area contributed by atoms with Gasteiger partial charge in [0.15, 0.2) is 0 Å². The SMILES string of the molecule is CN1CC2(CCNCC2)CC1C(=O)N(Cc1ccc(Cl)cc1)C1CC1.Cl.Cl. The molecule has 7 heteroatoms. The maximum absolute atomic E-state index is 13.4. The standard InChI is InChI=1S/C20H28ClN3O.2ClH/c1-23-14-20(8-10-22-11-9-20)12-18(23)19(25)24(17-6-7-17)13-15-2-4-16(21)5-3-15;;/h2-5,17-18,22H,6-14H2,1H3;2*1H. The summed E-state index contributed by atoms with van der Waals surface area (Å²) in [5, 5.41) is 4.21. The Kier molecular flexibility index (Phi) is 7.86. The summed E-state index contributed by atoms with van der Waals surface area (Å²) in [6.07, 6.45) is 5.70. The van der Waals surface area contributed by atoms with E-state index in [9.17, 15) is 4.79 Å². The van der Waals surface area contributed by atoms with E-state index in [-0.39, 0.29) is 30.9 Å². The lowest BCUT2D eigenvalue weighted by Gasteiger charge is -2.33. The number of piperidine rings is 1. The predicted octanol–water partition coefficient (Wildman–Crippen LogP) is 3.75. The van der Waals surface area contributed by atoms with Gasteiger partial charge in [0.2, 0.25) is 5.91 Å². The van der Waals surface area contributed by atoms with E-state index in [0.29, 0.717) is 23.9 Å². The number of amides is 1. The molecule has 152 valence electrons. The van der Waals surface area contributed by atoms with Crippen LogP contribution < -0.4 is 5.32 Å². The van der Waals surface area contributed by atoms with Crippen LogP contribution in [0.25, 0.3) is 0 Å². The topological polar surface area (TPSA) is 35.6 Å². The van der Waals surface area contributed by atoms with Crippen LogP contribution in [0.3, 0.4) is 0 Å². The highest BCUT2D eigenvalue weighted by Gasteiger charge is 2.48. The molecule has 2 saturated heterocycles. The number of carbonyl (C=O) groups excluding carboxylic acids is 1. The molecular formula is C20H30Cl3N3O. The molecule has 1 aromatic carbocycles. The summed E-state index contributed by atoms with van der Waals surface area (Å²) >= 11 is 6.00. The average molecular weight is 435 g/mol. The summed E-state index contributed by atoms with van der Waals surface area (Å²) < 4.78 is 0. The number of halogens is 3. The highest BCUT2D eigenvalue weighted by molar-refractivity contribution is 6.30. The van der Waals surface area contributed by atoms with Gasteiger partial charge in [-0.25, -0.2) is 0 Å². The zero-order valence-corrected chi connectivity index (χ0v) is 18.2. The summed E-state index contributed by atoms with van der Waals surface area (Å²) in [4.78, 5) is 17.8. The van der Waals surface area contributed by atoms with Gasteiger partial charge in [-0.1, -0.05) is 23.7 Å². The molecule has 0 radical (unpaired) electrons. The molecule has 1 aliphatic carbocycles. The first-order valence-electron chi connectivity index (χ1n) is 9.52. The number of carbonyl (C=O) groups is 1. The lowest BCUT2D eigenvalue weighted by Crippen LogP contribution is -2.45. The van der Waals surface area contributed by atoms with Crippen LogP contribution in [0.1, 0.15) is 37.7 Å². The molecular weight excluding hydrogens is 405 g/mol. The summed E-state index contributed by atoms with van der Waals surface area (Å²) in [6, 6.07) is 8.39. The van der Waals surface area contributed by atoms with Crippen molar-refractivity contribution in [2.45, 2.75) is 50.7 Å². The minimum Gasteiger partial charge on any atom is -0.334 e. The van der Waals surface area contributed by atoms with E-state index in [4.69, 9.17) is 11.6 Å². The Morgan fingerprint density at radius 1 is 1.22 bits per heavy atom. The number of nitrogens with one attached hydrogen (secondary N) is 1. The monoisotopic (exact) mass is 433 g/mol. The maximum atomic E-state index is 13.4. The Morgan fingerprint density at radius 2 is 1.85 bits per heavy atom. The fraction of sp³-hybridized carbons (Fsp3) is 0.650. The van der Waals surface area contributed by atoms with Crippen molar-refractivity contribution in [3.63, 3.8) is 0 Å². The van der Waals surface area contributed by atoms with Gasteiger partial charge in [-0.2, -0.15) is 0 Å². The van der Waals surface area contributed by atoms with Crippen molar-refractivity contribution in [3.8, 4) is 0 Å². The van der Waals surface area contributed by atoms with Gasteiger partial charge in [0.05, 0.1) is 6.04 Å². The van der Waals surface area contributed by atoms with Crippen LogP contribution in [0, 0.1) is 5.41 Å². The van der Waals surface area contributed by atoms with Crippen molar-refractivity contribution in [2.24, 2.45) is 5.41 Å². The Balaban J connectivity index is 0.00000131. The number of likely N-dealkylation sites (N-methyl/N-ethyl adjacent to an activating group) is 1. The van der Waals surface area contributed by atoms with Gasteiger partial charge in [0.1, 0.15) is 0 Å². The van der Waals surface area contributed by atoms with E-state index in [1.54, 1.807) is 0 Å². The van der Waals surface area contributed by atoms with Gasteiger partial charge < -0.3 is 10.2 Å². The lowest BCUT2D eigenvalue weighted by atomic mass is 9.77. The number of hydrogen-bond acceptors (Lipinski definition) is 3. The number of hydrogen-bond donors (Lipinski definition) is 1. The first-order valence-corrected chi connectivity index (χ1v) is 9.90. The third kappa shape index (κ3) is 5.10. The second-order valence-corrected chi connectivity index (χ2v) is 8.65. The number of likely N-dealkylation sites (tertiary alicyclic amines) is 1. The molecule has 4 nitrogen and oxygen atoms in total. The van der Waals surface area contributed by atoms with E-state index in [0.717, 1.165) is 43.9 Å². The maximum Gasteiger partial charge on any atom is 0.240 e. The minimum atomic E-state index is 0. The Morgan fingerprint density at radius 3 is 2.44 bits per heavy atom. The molecule has 3 aliphatic rings. The molecule has 1 amide bonds.